The number of fused-ring (bicyclic) bond motifs is 6. The number of phenols is 1. The zero-order valence-corrected chi connectivity index (χ0v) is 25.8. The number of hydrogen-bond donors (Lipinski definition) is 8. The van der Waals surface area contributed by atoms with Crippen LogP contribution in [0, 0.1) is 23.7 Å². The van der Waals surface area contributed by atoms with E-state index in [0.717, 1.165) is 19.3 Å². The average molecular weight is 641 g/mol. The maximum absolute atomic E-state index is 14.1. The molecule has 6 aliphatic carbocycles. The molecule has 1 aromatic rings. The van der Waals surface area contributed by atoms with Gasteiger partial charge in [-0.2, -0.15) is 5.48 Å². The Morgan fingerprint density at radius 1 is 1.11 bits per heavy atom. The summed E-state index contributed by atoms with van der Waals surface area (Å²) in [5.74, 6) is -9.29. The molecule has 5 unspecified atom stereocenters. The first-order valence-electron chi connectivity index (χ1n) is 15.6. The number of Topliss-reactive ketones (excluding diaryl/α,β-unsaturated/α-hetero) is 2. The quantitative estimate of drug-likeness (QED) is 0.116. The van der Waals surface area contributed by atoms with E-state index >= 15 is 0 Å². The van der Waals surface area contributed by atoms with Crippen LogP contribution in [0.2, 0.25) is 0 Å². The van der Waals surface area contributed by atoms with Gasteiger partial charge in [-0.3, -0.25) is 28.9 Å². The molecule has 248 valence electrons. The van der Waals surface area contributed by atoms with E-state index in [0.29, 0.717) is 17.4 Å². The number of carbonyl (C=O) groups is 4. The number of hydrogen-bond acceptors (Lipinski definition) is 12. The second kappa shape index (κ2) is 11.5. The van der Waals surface area contributed by atoms with Crippen molar-refractivity contribution in [3.8, 4) is 5.75 Å². The number of ketones is 2. The summed E-state index contributed by atoms with van der Waals surface area (Å²) in [5.41, 5.74) is 3.62. The number of carbonyl (C=O) groups excluding carboxylic acids is 4. The van der Waals surface area contributed by atoms with Crippen molar-refractivity contribution in [2.75, 3.05) is 26.0 Å². The van der Waals surface area contributed by atoms with E-state index in [1.165, 1.54) is 44.0 Å². The van der Waals surface area contributed by atoms with Crippen LogP contribution in [0.3, 0.4) is 0 Å². The van der Waals surface area contributed by atoms with Crippen LogP contribution < -0.4 is 16.5 Å². The number of hydroxylamine groups is 1. The summed E-state index contributed by atoms with van der Waals surface area (Å²) in [7, 11) is 2.89. The highest BCUT2D eigenvalue weighted by Gasteiger charge is 2.68. The molecule has 0 heterocycles. The number of anilines is 1. The maximum atomic E-state index is 14.1. The summed E-state index contributed by atoms with van der Waals surface area (Å²) in [6.45, 7) is 1.42. The standard InChI is InChI=1S/C32H40N4O10/c1-12-15-8-9-16(35-18(37)11-34-46-17-10-13-4-6-14(17)7-5-13)25(38)20(15)26(39)21-19(12)27(40)23-24(36(2)3)28(41)22(31(33)44)30(43)32(23,45)29(21)42/h8-9,12-14,17,19,23-24,27,34,38-40,43,45H,4-7,10-11H2,1-3H3,(H2,33,44)(H,35,37)/t12?,13?,14?,17?,19?,23?,24-,27?,32-/m0/s1. The van der Waals surface area contributed by atoms with E-state index < -0.39 is 87.3 Å². The van der Waals surface area contributed by atoms with Gasteiger partial charge in [-0.15, -0.1) is 0 Å². The molecule has 46 heavy (non-hydrogen) atoms. The van der Waals surface area contributed by atoms with Gasteiger partial charge < -0.3 is 36.6 Å². The number of likely N-dealkylation sites (N-methyl/N-ethyl adjacent to an activating group) is 1. The number of aliphatic hydroxyl groups excluding tert-OH is 3. The van der Waals surface area contributed by atoms with Crippen molar-refractivity contribution in [3.05, 3.63) is 40.2 Å². The highest BCUT2D eigenvalue weighted by molar-refractivity contribution is 6.24. The third kappa shape index (κ3) is 4.65. The maximum Gasteiger partial charge on any atom is 0.255 e. The van der Waals surface area contributed by atoms with Crippen molar-refractivity contribution < 1.29 is 49.5 Å². The SMILES string of the molecule is CC1c2ccc(NC(=O)CNOC3CC4CCC3CC4)c(O)c2C(O)=C2C(=O)[C@]3(O)C(O)=C(C(N)=O)C(=O)[C@@H](N(C)C)C3C(O)C21. The summed E-state index contributed by atoms with van der Waals surface area (Å²) in [6, 6.07) is 1.52. The van der Waals surface area contributed by atoms with Crippen LogP contribution >= 0.6 is 0 Å². The third-order valence-corrected chi connectivity index (χ3v) is 10.9. The largest absolute Gasteiger partial charge is 0.508 e. The Hall–Kier alpha value is -3.82. The molecule has 9 N–H and O–H groups in total. The van der Waals surface area contributed by atoms with Gasteiger partial charge in [-0.1, -0.05) is 13.0 Å². The molecule has 2 amide bonds. The first-order valence-corrected chi connectivity index (χ1v) is 15.6. The summed E-state index contributed by atoms with van der Waals surface area (Å²) in [4.78, 5) is 59.5. The molecule has 2 bridgehead atoms. The second-order valence-corrected chi connectivity index (χ2v) is 13.5. The Labute approximate surface area is 264 Å². The minimum absolute atomic E-state index is 0.0388. The predicted molar refractivity (Wildman–Crippen MR) is 162 cm³/mol. The minimum atomic E-state index is -3.01. The molecular formula is C32H40N4O10. The second-order valence-electron chi connectivity index (χ2n) is 13.5. The molecule has 7 atom stereocenters. The fraction of sp³-hybridized carbons (Fsp3) is 0.562. The van der Waals surface area contributed by atoms with Crippen LogP contribution in [-0.4, -0.2) is 98.3 Å². The predicted octanol–water partition coefficient (Wildman–Crippen LogP) is 0.534. The number of primary amides is 1. The zero-order valence-electron chi connectivity index (χ0n) is 25.8. The molecule has 1 aromatic carbocycles. The molecule has 14 nitrogen and oxygen atoms in total. The Balaban J connectivity index is 1.31. The summed E-state index contributed by atoms with van der Waals surface area (Å²) in [5, 5.41) is 59.9. The van der Waals surface area contributed by atoms with Crippen molar-refractivity contribution in [1.29, 1.82) is 0 Å². The summed E-state index contributed by atoms with van der Waals surface area (Å²) in [6.07, 6.45) is 3.93. The third-order valence-electron chi connectivity index (χ3n) is 10.9. The van der Waals surface area contributed by atoms with Crippen LogP contribution in [-0.2, 0) is 24.0 Å². The lowest BCUT2D eigenvalue weighted by Gasteiger charge is -2.53. The number of rotatable bonds is 7. The van der Waals surface area contributed by atoms with Gasteiger partial charge in [0.1, 0.15) is 29.4 Å². The lowest BCUT2D eigenvalue weighted by atomic mass is 9.54. The zero-order chi connectivity index (χ0) is 33.4. The molecule has 0 aliphatic heterocycles. The van der Waals surface area contributed by atoms with Gasteiger partial charge in [-0.05, 0) is 75.6 Å². The highest BCUT2D eigenvalue weighted by atomic mass is 16.7. The molecule has 7 rings (SSSR count). The summed E-state index contributed by atoms with van der Waals surface area (Å²) >= 11 is 0. The fourth-order valence-electron chi connectivity index (χ4n) is 8.59. The molecule has 6 aliphatic rings. The number of nitrogens with zero attached hydrogens (tertiary/aromatic N) is 1. The Kier molecular flexibility index (Phi) is 8.00. The van der Waals surface area contributed by atoms with E-state index in [2.05, 4.69) is 10.8 Å². The normalized spacial score (nSPS) is 35.2. The van der Waals surface area contributed by atoms with Crippen LogP contribution in [0.25, 0.3) is 5.76 Å². The van der Waals surface area contributed by atoms with Gasteiger partial charge in [0.05, 0.1) is 35.4 Å². The van der Waals surface area contributed by atoms with Crippen LogP contribution in [0.4, 0.5) is 5.69 Å². The van der Waals surface area contributed by atoms with E-state index in [1.807, 2.05) is 0 Å². The summed E-state index contributed by atoms with van der Waals surface area (Å²) < 4.78 is 0. The Morgan fingerprint density at radius 2 is 1.78 bits per heavy atom. The number of benzene rings is 1. The van der Waals surface area contributed by atoms with Crippen LogP contribution in [0.5, 0.6) is 5.75 Å². The lowest BCUT2D eigenvalue weighted by Crippen LogP contribution is -2.70. The van der Waals surface area contributed by atoms with Gasteiger partial charge in [0.15, 0.2) is 11.4 Å². The van der Waals surface area contributed by atoms with Gasteiger partial charge in [0.25, 0.3) is 5.91 Å². The van der Waals surface area contributed by atoms with Crippen LogP contribution in [0.1, 0.15) is 56.1 Å². The van der Waals surface area contributed by atoms with E-state index in [4.69, 9.17) is 10.6 Å². The number of amides is 2. The molecule has 0 saturated heterocycles. The Bertz CT molecular complexity index is 1580. The van der Waals surface area contributed by atoms with Crippen LogP contribution in [0.15, 0.2) is 29.0 Å². The number of phenolic OH excluding ortho intramolecular Hbond substituents is 1. The number of aliphatic hydroxyl groups is 4. The van der Waals surface area contributed by atoms with Gasteiger partial charge in [0, 0.05) is 11.5 Å². The van der Waals surface area contributed by atoms with Crippen molar-refractivity contribution in [2.45, 2.75) is 68.8 Å². The number of nitrogens with two attached hydrogens (primary N) is 1. The van der Waals surface area contributed by atoms with Gasteiger partial charge in [0.2, 0.25) is 11.7 Å². The van der Waals surface area contributed by atoms with Crippen molar-refractivity contribution in [2.24, 2.45) is 29.4 Å². The molecule has 0 aromatic heterocycles. The molecule has 14 heteroatoms. The molecule has 4 fully saturated rings. The van der Waals surface area contributed by atoms with Crippen molar-refractivity contribution in [3.63, 3.8) is 0 Å². The smallest absolute Gasteiger partial charge is 0.255 e. The van der Waals surface area contributed by atoms with Gasteiger partial charge in [-0.25, -0.2) is 0 Å². The van der Waals surface area contributed by atoms with Gasteiger partial charge >= 0.3 is 0 Å². The fourth-order valence-corrected chi connectivity index (χ4v) is 8.59. The first-order chi connectivity index (χ1) is 21.7. The molecule has 0 spiro atoms. The highest BCUT2D eigenvalue weighted by Crippen LogP contribution is 2.56. The minimum Gasteiger partial charge on any atom is -0.508 e. The molecular weight excluding hydrogens is 600 g/mol. The van der Waals surface area contributed by atoms with E-state index in [1.54, 1.807) is 6.92 Å². The van der Waals surface area contributed by atoms with E-state index in [9.17, 15) is 44.7 Å². The molecule has 4 saturated carbocycles. The lowest BCUT2D eigenvalue weighted by molar-refractivity contribution is -0.169. The van der Waals surface area contributed by atoms with Crippen molar-refractivity contribution >= 4 is 34.8 Å². The average Bonchev–Trinajstić information content (AvgIpc) is 3.00. The number of nitrogens with one attached hydrogen (secondary N) is 2. The van der Waals surface area contributed by atoms with E-state index in [-0.39, 0.29) is 23.9 Å². The first kappa shape index (κ1) is 32.1. The Morgan fingerprint density at radius 3 is 2.37 bits per heavy atom. The van der Waals surface area contributed by atoms with Crippen molar-refractivity contribution in [1.82, 2.24) is 10.4 Å². The number of aromatic hydroxyl groups is 1. The monoisotopic (exact) mass is 640 g/mol. The topological polar surface area (TPSA) is 232 Å². The molecule has 0 radical (unpaired) electrons.